The average Bonchev–Trinajstić information content (AvgIpc) is 2.99. The van der Waals surface area contributed by atoms with Gasteiger partial charge in [0, 0.05) is 6.42 Å². The van der Waals surface area contributed by atoms with Gasteiger partial charge in [-0.15, -0.1) is 0 Å². The lowest BCUT2D eigenvalue weighted by Gasteiger charge is -2.16. The van der Waals surface area contributed by atoms with Gasteiger partial charge < -0.3 is 20.3 Å². The fourth-order valence-corrected chi connectivity index (χ4v) is 2.72. The molecule has 0 bridgehead atoms. The maximum absolute atomic E-state index is 14.2. The fourth-order valence-electron chi connectivity index (χ4n) is 2.36. The molecule has 126 valence electrons. The molecule has 2 aromatic rings. The van der Waals surface area contributed by atoms with E-state index in [1.807, 2.05) is 0 Å². The number of fused-ring (bicyclic) bond motifs is 1. The van der Waals surface area contributed by atoms with Crippen LogP contribution < -0.4 is 11.3 Å². The summed E-state index contributed by atoms with van der Waals surface area (Å²) in [7, 11) is -4.67. The number of phosphoric ester groups is 1. The van der Waals surface area contributed by atoms with Crippen molar-refractivity contribution < 1.29 is 28.0 Å². The Labute approximate surface area is 127 Å². The van der Waals surface area contributed by atoms with Crippen molar-refractivity contribution in [2.75, 3.05) is 12.3 Å². The third kappa shape index (κ3) is 3.26. The maximum atomic E-state index is 14.2. The van der Waals surface area contributed by atoms with Gasteiger partial charge in [-0.1, -0.05) is 0 Å². The molecule has 1 fully saturated rings. The predicted octanol–water partition coefficient (Wildman–Crippen LogP) is -0.563. The molecule has 0 saturated carbocycles. The van der Waals surface area contributed by atoms with E-state index in [-0.39, 0.29) is 23.5 Å². The van der Waals surface area contributed by atoms with Crippen molar-refractivity contribution in [3.63, 3.8) is 0 Å². The molecular formula is C10H13FN5O6P. The molecule has 3 atom stereocenters. The summed E-state index contributed by atoms with van der Waals surface area (Å²) in [6.07, 6.45) is -2.46. The quantitative estimate of drug-likeness (QED) is 0.529. The smallest absolute Gasteiger partial charge is 0.369 e. The fraction of sp³-hybridized carbons (Fsp3) is 0.500. The normalized spacial score (nSPS) is 25.3. The van der Waals surface area contributed by atoms with E-state index in [1.165, 1.54) is 10.9 Å². The third-order valence-corrected chi connectivity index (χ3v) is 3.77. The highest BCUT2D eigenvalue weighted by Gasteiger charge is 2.38. The standard InChI is InChI=1S/C10H13FN5O6P/c11-5-1-4(2-21-23(18,19)20)22-9(5)16-3-13-6-7(16)14-10(12)15-8(6)17/h3-5,9H,1-2H2,(H2,18,19,20)(H3,12,14,15,17)/t4-,5+,9+/m0/s1. The second-order valence-corrected chi connectivity index (χ2v) is 6.20. The van der Waals surface area contributed by atoms with Crippen molar-refractivity contribution >= 4 is 24.9 Å². The van der Waals surface area contributed by atoms with Crippen molar-refractivity contribution in [1.82, 2.24) is 19.5 Å². The van der Waals surface area contributed by atoms with Gasteiger partial charge in [0.2, 0.25) is 5.95 Å². The minimum atomic E-state index is -4.67. The summed E-state index contributed by atoms with van der Waals surface area (Å²) in [4.78, 5) is 39.0. The van der Waals surface area contributed by atoms with Crippen molar-refractivity contribution in [2.45, 2.75) is 24.9 Å². The summed E-state index contributed by atoms with van der Waals surface area (Å²) >= 11 is 0. The Bertz CT molecular complexity index is 833. The Morgan fingerprint density at radius 3 is 3.04 bits per heavy atom. The van der Waals surface area contributed by atoms with E-state index in [2.05, 4.69) is 19.5 Å². The highest BCUT2D eigenvalue weighted by Crippen LogP contribution is 2.39. The van der Waals surface area contributed by atoms with Crippen molar-refractivity contribution in [1.29, 1.82) is 0 Å². The second-order valence-electron chi connectivity index (χ2n) is 4.96. The first-order chi connectivity index (χ1) is 10.7. The van der Waals surface area contributed by atoms with E-state index in [0.717, 1.165) is 0 Å². The third-order valence-electron chi connectivity index (χ3n) is 3.28. The van der Waals surface area contributed by atoms with Crippen molar-refractivity contribution in [3.8, 4) is 0 Å². The zero-order chi connectivity index (χ0) is 16.8. The molecule has 11 nitrogen and oxygen atoms in total. The van der Waals surface area contributed by atoms with Gasteiger partial charge in [-0.3, -0.25) is 18.9 Å². The van der Waals surface area contributed by atoms with Crippen LogP contribution in [0.4, 0.5) is 10.3 Å². The monoisotopic (exact) mass is 349 g/mol. The minimum absolute atomic E-state index is 0.0232. The Morgan fingerprint density at radius 2 is 2.35 bits per heavy atom. The van der Waals surface area contributed by atoms with Crippen molar-refractivity contribution in [3.05, 3.63) is 16.7 Å². The van der Waals surface area contributed by atoms with Crippen LogP contribution in [0.15, 0.2) is 11.1 Å². The van der Waals surface area contributed by atoms with Gasteiger partial charge >= 0.3 is 7.82 Å². The van der Waals surface area contributed by atoms with Crippen LogP contribution in [-0.2, 0) is 13.8 Å². The Morgan fingerprint density at radius 1 is 1.61 bits per heavy atom. The number of imidazole rings is 1. The SMILES string of the molecule is Nc1nc2c(ncn2[C@@H]2O[C@H](COP(=O)(O)O)C[C@H]2F)c(=O)[nH]1. The molecule has 1 saturated heterocycles. The zero-order valence-electron chi connectivity index (χ0n) is 11.5. The summed E-state index contributed by atoms with van der Waals surface area (Å²) in [6, 6.07) is 0. The molecule has 0 radical (unpaired) electrons. The van der Waals surface area contributed by atoms with Crippen LogP contribution >= 0.6 is 7.82 Å². The van der Waals surface area contributed by atoms with Crippen molar-refractivity contribution in [2.24, 2.45) is 0 Å². The summed E-state index contributed by atoms with van der Waals surface area (Å²) in [6.45, 7) is -0.468. The lowest BCUT2D eigenvalue weighted by atomic mass is 10.2. The van der Waals surface area contributed by atoms with Gasteiger partial charge in [-0.2, -0.15) is 4.98 Å². The number of phosphoric acid groups is 1. The van der Waals surface area contributed by atoms with E-state index in [0.29, 0.717) is 0 Å². The number of nitrogens with two attached hydrogens (primary N) is 1. The predicted molar refractivity (Wildman–Crippen MR) is 74.0 cm³/mol. The molecule has 3 heterocycles. The van der Waals surface area contributed by atoms with Crippen LogP contribution in [0.2, 0.25) is 0 Å². The Balaban J connectivity index is 1.85. The number of anilines is 1. The van der Waals surface area contributed by atoms with E-state index >= 15 is 0 Å². The van der Waals surface area contributed by atoms with Gasteiger partial charge in [-0.25, -0.2) is 13.9 Å². The lowest BCUT2D eigenvalue weighted by Crippen LogP contribution is -2.19. The van der Waals surface area contributed by atoms with Crippen LogP contribution in [0.3, 0.4) is 0 Å². The second kappa shape index (κ2) is 5.65. The number of halogens is 1. The topological polar surface area (TPSA) is 166 Å². The highest BCUT2D eigenvalue weighted by atomic mass is 31.2. The maximum Gasteiger partial charge on any atom is 0.469 e. The molecule has 1 aliphatic rings. The molecule has 0 aliphatic carbocycles. The molecule has 0 aromatic carbocycles. The average molecular weight is 349 g/mol. The number of alkyl halides is 1. The number of aromatic nitrogens is 4. The van der Waals surface area contributed by atoms with E-state index in [9.17, 15) is 13.8 Å². The molecule has 1 aliphatic heterocycles. The zero-order valence-corrected chi connectivity index (χ0v) is 12.4. The first kappa shape index (κ1) is 16.0. The number of hydrogen-bond acceptors (Lipinski definition) is 7. The number of ether oxygens (including phenoxy) is 1. The van der Waals surface area contributed by atoms with Crippen LogP contribution in [-0.4, -0.2) is 48.2 Å². The molecule has 0 spiro atoms. The largest absolute Gasteiger partial charge is 0.469 e. The number of hydrogen-bond donors (Lipinski definition) is 4. The summed E-state index contributed by atoms with van der Waals surface area (Å²) < 4.78 is 35.8. The summed E-state index contributed by atoms with van der Waals surface area (Å²) in [5.41, 5.74) is 4.92. The molecule has 2 aromatic heterocycles. The van der Waals surface area contributed by atoms with Gasteiger partial charge in [0.05, 0.1) is 19.0 Å². The van der Waals surface area contributed by atoms with Crippen LogP contribution in [0, 0.1) is 0 Å². The number of nitrogens with zero attached hydrogens (tertiary/aromatic N) is 3. The van der Waals surface area contributed by atoms with E-state index in [1.54, 1.807) is 0 Å². The molecule has 3 rings (SSSR count). The minimum Gasteiger partial charge on any atom is -0.369 e. The summed E-state index contributed by atoms with van der Waals surface area (Å²) in [5, 5.41) is 0. The molecule has 13 heteroatoms. The van der Waals surface area contributed by atoms with E-state index < -0.39 is 38.5 Å². The molecule has 0 unspecified atom stereocenters. The highest BCUT2D eigenvalue weighted by molar-refractivity contribution is 7.46. The van der Waals surface area contributed by atoms with Crippen LogP contribution in [0.1, 0.15) is 12.6 Å². The summed E-state index contributed by atoms with van der Waals surface area (Å²) in [5.74, 6) is -0.154. The number of nitrogen functional groups attached to an aromatic ring is 1. The first-order valence-corrected chi connectivity index (χ1v) is 7.99. The van der Waals surface area contributed by atoms with Gasteiger partial charge in [-0.05, 0) is 0 Å². The van der Waals surface area contributed by atoms with Gasteiger partial charge in [0.1, 0.15) is 6.17 Å². The number of aromatic amines is 1. The molecule has 0 amide bonds. The number of H-pyrrole nitrogens is 1. The molecule has 23 heavy (non-hydrogen) atoms. The Kier molecular flexibility index (Phi) is 3.94. The van der Waals surface area contributed by atoms with Gasteiger partial charge in [0.25, 0.3) is 5.56 Å². The molecular weight excluding hydrogens is 336 g/mol. The van der Waals surface area contributed by atoms with E-state index in [4.69, 9.17) is 20.3 Å². The molecule has 5 N–H and O–H groups in total. The Hall–Kier alpha value is -1.85. The first-order valence-electron chi connectivity index (χ1n) is 6.46. The van der Waals surface area contributed by atoms with Crippen LogP contribution in [0.25, 0.3) is 11.2 Å². The number of nitrogens with one attached hydrogen (secondary N) is 1. The number of rotatable bonds is 4. The van der Waals surface area contributed by atoms with Gasteiger partial charge in [0.15, 0.2) is 17.4 Å². The lowest BCUT2D eigenvalue weighted by molar-refractivity contribution is -0.0346. The van der Waals surface area contributed by atoms with Crippen LogP contribution in [0.5, 0.6) is 0 Å².